The van der Waals surface area contributed by atoms with Crippen LogP contribution in [0.3, 0.4) is 0 Å². The lowest BCUT2D eigenvalue weighted by atomic mass is 10.1. The third kappa shape index (κ3) is 3.46. The summed E-state index contributed by atoms with van der Waals surface area (Å²) in [5.41, 5.74) is 5.10. The van der Waals surface area contributed by atoms with E-state index in [1.165, 1.54) is 0 Å². The lowest BCUT2D eigenvalue weighted by Crippen LogP contribution is -2.50. The van der Waals surface area contributed by atoms with Crippen molar-refractivity contribution in [2.75, 3.05) is 33.2 Å². The second-order valence-electron chi connectivity index (χ2n) is 5.48. The van der Waals surface area contributed by atoms with E-state index >= 15 is 0 Å². The Labute approximate surface area is 98.8 Å². The zero-order valence-electron chi connectivity index (χ0n) is 11.0. The van der Waals surface area contributed by atoms with Crippen molar-refractivity contribution in [3.05, 3.63) is 0 Å². The van der Waals surface area contributed by atoms with E-state index in [2.05, 4.69) is 18.9 Å². The van der Waals surface area contributed by atoms with Crippen LogP contribution in [0.15, 0.2) is 0 Å². The molecule has 0 aliphatic carbocycles. The van der Waals surface area contributed by atoms with Gasteiger partial charge in [0.1, 0.15) is 0 Å². The first-order valence-corrected chi connectivity index (χ1v) is 6.11. The number of likely N-dealkylation sites (tertiary alicyclic amines) is 1. The quantitative estimate of drug-likeness (QED) is 0.762. The van der Waals surface area contributed by atoms with Crippen molar-refractivity contribution >= 4 is 5.91 Å². The smallest absolute Gasteiger partial charge is 0.242 e. The fraction of sp³-hybridized carbons (Fsp3) is 0.917. The summed E-state index contributed by atoms with van der Waals surface area (Å²) in [4.78, 5) is 16.2. The highest BCUT2D eigenvalue weighted by Crippen LogP contribution is 2.19. The second-order valence-corrected chi connectivity index (χ2v) is 5.48. The Hall–Kier alpha value is -0.610. The molecule has 16 heavy (non-hydrogen) atoms. The first-order valence-electron chi connectivity index (χ1n) is 6.11. The molecule has 2 N–H and O–H groups in total. The summed E-state index contributed by atoms with van der Waals surface area (Å²) in [6.45, 7) is 9.58. The number of rotatable bonds is 4. The predicted molar refractivity (Wildman–Crippen MR) is 66.1 cm³/mol. The molecule has 1 fully saturated rings. The monoisotopic (exact) mass is 227 g/mol. The van der Waals surface area contributed by atoms with E-state index in [4.69, 9.17) is 5.73 Å². The predicted octanol–water partition coefficient (Wildman–Crippen LogP) is 0.524. The largest absolute Gasteiger partial charge is 0.341 e. The zero-order valence-corrected chi connectivity index (χ0v) is 11.0. The van der Waals surface area contributed by atoms with Crippen molar-refractivity contribution in [2.45, 2.75) is 32.7 Å². The van der Waals surface area contributed by atoms with E-state index in [0.29, 0.717) is 5.92 Å². The minimum Gasteiger partial charge on any atom is -0.341 e. The fourth-order valence-electron chi connectivity index (χ4n) is 2.14. The number of hydrogen-bond acceptors (Lipinski definition) is 3. The van der Waals surface area contributed by atoms with Gasteiger partial charge >= 0.3 is 0 Å². The van der Waals surface area contributed by atoms with Gasteiger partial charge in [-0.3, -0.25) is 4.79 Å². The fourth-order valence-corrected chi connectivity index (χ4v) is 2.14. The highest BCUT2D eigenvalue weighted by Gasteiger charge is 2.33. The molecule has 0 saturated carbocycles. The molecule has 0 aromatic heterocycles. The molecule has 1 rings (SSSR count). The SMILES string of the molecule is CCN(C)CC1CCN(C(=O)C(C)(C)N)C1. The first-order chi connectivity index (χ1) is 7.34. The summed E-state index contributed by atoms with van der Waals surface area (Å²) in [6.07, 6.45) is 1.10. The zero-order chi connectivity index (χ0) is 12.3. The molecule has 1 amide bonds. The van der Waals surface area contributed by atoms with Crippen LogP contribution in [0.5, 0.6) is 0 Å². The van der Waals surface area contributed by atoms with Crippen molar-refractivity contribution < 1.29 is 4.79 Å². The van der Waals surface area contributed by atoms with E-state index in [0.717, 1.165) is 32.6 Å². The standard InChI is InChI=1S/C12H25N3O/c1-5-14(4)8-10-6-7-15(9-10)11(16)12(2,3)13/h10H,5-9,13H2,1-4H3. The van der Waals surface area contributed by atoms with Crippen LogP contribution in [-0.2, 0) is 4.79 Å². The summed E-state index contributed by atoms with van der Waals surface area (Å²) in [5.74, 6) is 0.686. The maximum absolute atomic E-state index is 12.0. The van der Waals surface area contributed by atoms with Gasteiger partial charge in [0.05, 0.1) is 5.54 Å². The Morgan fingerprint density at radius 3 is 2.69 bits per heavy atom. The molecule has 0 spiro atoms. The number of carbonyl (C=O) groups is 1. The lowest BCUT2D eigenvalue weighted by Gasteiger charge is -2.26. The topological polar surface area (TPSA) is 49.6 Å². The molecule has 1 unspecified atom stereocenters. The number of carbonyl (C=O) groups excluding carboxylic acids is 1. The third-order valence-electron chi connectivity index (χ3n) is 3.23. The normalized spacial score (nSPS) is 21.9. The van der Waals surface area contributed by atoms with Gasteiger partial charge in [0, 0.05) is 19.6 Å². The second kappa shape index (κ2) is 5.15. The van der Waals surface area contributed by atoms with E-state index < -0.39 is 5.54 Å². The minimum absolute atomic E-state index is 0.0779. The average molecular weight is 227 g/mol. The maximum atomic E-state index is 12.0. The Kier molecular flexibility index (Phi) is 4.33. The molecule has 1 aliphatic heterocycles. The lowest BCUT2D eigenvalue weighted by molar-refractivity contribution is -0.134. The van der Waals surface area contributed by atoms with Crippen molar-refractivity contribution in [1.82, 2.24) is 9.80 Å². The van der Waals surface area contributed by atoms with E-state index in [1.54, 1.807) is 13.8 Å². The van der Waals surface area contributed by atoms with Crippen LogP contribution in [0, 0.1) is 5.92 Å². The van der Waals surface area contributed by atoms with Gasteiger partial charge in [-0.2, -0.15) is 0 Å². The van der Waals surface area contributed by atoms with Crippen molar-refractivity contribution in [2.24, 2.45) is 11.7 Å². The van der Waals surface area contributed by atoms with Gasteiger partial charge in [-0.1, -0.05) is 6.92 Å². The number of nitrogens with two attached hydrogens (primary N) is 1. The Morgan fingerprint density at radius 2 is 2.19 bits per heavy atom. The highest BCUT2D eigenvalue weighted by atomic mass is 16.2. The highest BCUT2D eigenvalue weighted by molar-refractivity contribution is 5.85. The number of amides is 1. The molecule has 4 heteroatoms. The molecular formula is C12H25N3O. The van der Waals surface area contributed by atoms with E-state index in [-0.39, 0.29) is 5.91 Å². The Balaban J connectivity index is 2.44. The summed E-state index contributed by atoms with van der Waals surface area (Å²) in [6, 6.07) is 0. The van der Waals surface area contributed by atoms with Crippen LogP contribution in [0.1, 0.15) is 27.2 Å². The van der Waals surface area contributed by atoms with Gasteiger partial charge < -0.3 is 15.5 Å². The van der Waals surface area contributed by atoms with Crippen molar-refractivity contribution in [3.8, 4) is 0 Å². The van der Waals surface area contributed by atoms with Crippen LogP contribution in [0.25, 0.3) is 0 Å². The number of nitrogens with zero attached hydrogens (tertiary/aromatic N) is 2. The van der Waals surface area contributed by atoms with Crippen molar-refractivity contribution in [1.29, 1.82) is 0 Å². The molecule has 0 aromatic rings. The molecular weight excluding hydrogens is 202 g/mol. The molecule has 1 aliphatic rings. The average Bonchev–Trinajstić information content (AvgIpc) is 2.63. The Morgan fingerprint density at radius 1 is 1.56 bits per heavy atom. The summed E-state index contributed by atoms with van der Waals surface area (Å²) in [5, 5.41) is 0. The maximum Gasteiger partial charge on any atom is 0.242 e. The van der Waals surface area contributed by atoms with Gasteiger partial charge in [0.2, 0.25) is 5.91 Å². The van der Waals surface area contributed by atoms with Gasteiger partial charge in [-0.05, 0) is 39.8 Å². The van der Waals surface area contributed by atoms with Crippen molar-refractivity contribution in [3.63, 3.8) is 0 Å². The van der Waals surface area contributed by atoms with E-state index in [1.807, 2.05) is 4.90 Å². The summed E-state index contributed by atoms with van der Waals surface area (Å²) in [7, 11) is 2.12. The van der Waals surface area contributed by atoms with Crippen LogP contribution >= 0.6 is 0 Å². The Bertz CT molecular complexity index is 247. The van der Waals surface area contributed by atoms with Gasteiger partial charge in [-0.15, -0.1) is 0 Å². The molecule has 0 bridgehead atoms. The minimum atomic E-state index is -0.731. The van der Waals surface area contributed by atoms with Gasteiger partial charge in [0.25, 0.3) is 0 Å². The van der Waals surface area contributed by atoms with Gasteiger partial charge in [0.15, 0.2) is 0 Å². The molecule has 0 radical (unpaired) electrons. The molecule has 0 aromatic carbocycles. The van der Waals surface area contributed by atoms with Crippen LogP contribution < -0.4 is 5.73 Å². The molecule has 1 heterocycles. The van der Waals surface area contributed by atoms with Crippen LogP contribution in [-0.4, -0.2) is 54.5 Å². The van der Waals surface area contributed by atoms with Crippen LogP contribution in [0.4, 0.5) is 0 Å². The molecule has 1 saturated heterocycles. The summed E-state index contributed by atoms with van der Waals surface area (Å²) < 4.78 is 0. The van der Waals surface area contributed by atoms with E-state index in [9.17, 15) is 4.79 Å². The molecule has 1 atom stereocenters. The van der Waals surface area contributed by atoms with Gasteiger partial charge in [-0.25, -0.2) is 0 Å². The number of hydrogen-bond donors (Lipinski definition) is 1. The van der Waals surface area contributed by atoms with Crippen LogP contribution in [0.2, 0.25) is 0 Å². The first kappa shape index (κ1) is 13.5. The summed E-state index contributed by atoms with van der Waals surface area (Å²) >= 11 is 0. The third-order valence-corrected chi connectivity index (χ3v) is 3.23. The molecule has 4 nitrogen and oxygen atoms in total. The molecule has 94 valence electrons.